The summed E-state index contributed by atoms with van der Waals surface area (Å²) in [7, 11) is -2.06. The molecule has 9 heteroatoms. The van der Waals surface area contributed by atoms with Crippen LogP contribution < -0.4 is 14.3 Å². The summed E-state index contributed by atoms with van der Waals surface area (Å²) in [6.07, 6.45) is 0. The summed E-state index contributed by atoms with van der Waals surface area (Å²) >= 11 is 7.09. The van der Waals surface area contributed by atoms with Gasteiger partial charge in [0.2, 0.25) is 4.80 Å². The van der Waals surface area contributed by atoms with E-state index < -0.39 is 10.0 Å². The summed E-state index contributed by atoms with van der Waals surface area (Å²) in [6.45, 7) is 0.993. The van der Waals surface area contributed by atoms with E-state index in [1.54, 1.807) is 11.6 Å². The van der Waals surface area contributed by atoms with Crippen LogP contribution in [0.3, 0.4) is 0 Å². The molecule has 1 aliphatic heterocycles. The quantitative estimate of drug-likeness (QED) is 0.667. The van der Waals surface area contributed by atoms with Crippen LogP contribution in [-0.4, -0.2) is 26.2 Å². The van der Waals surface area contributed by atoms with E-state index in [0.29, 0.717) is 34.5 Å². The van der Waals surface area contributed by atoms with E-state index in [2.05, 4.69) is 4.40 Å². The van der Waals surface area contributed by atoms with Gasteiger partial charge < -0.3 is 14.0 Å². The van der Waals surface area contributed by atoms with Crippen LogP contribution in [-0.2, 0) is 17.1 Å². The van der Waals surface area contributed by atoms with E-state index >= 15 is 0 Å². The van der Waals surface area contributed by atoms with Crippen molar-refractivity contribution in [2.24, 2.45) is 11.4 Å². The van der Waals surface area contributed by atoms with Crippen molar-refractivity contribution in [3.63, 3.8) is 0 Å². The fourth-order valence-electron chi connectivity index (χ4n) is 2.52. The maximum absolute atomic E-state index is 12.5. The molecule has 0 radical (unpaired) electrons. The fourth-order valence-corrected chi connectivity index (χ4v) is 4.90. The molecule has 0 spiro atoms. The lowest BCUT2D eigenvalue weighted by atomic mass is 10.3. The smallest absolute Gasteiger partial charge is 0.285 e. The number of hydrogen-bond donors (Lipinski definition) is 0. The first-order chi connectivity index (χ1) is 11.9. The lowest BCUT2D eigenvalue weighted by Crippen LogP contribution is -2.15. The summed E-state index contributed by atoms with van der Waals surface area (Å²) in [5.74, 6) is 1.31. The maximum Gasteiger partial charge on any atom is 0.285 e. The maximum atomic E-state index is 12.5. The van der Waals surface area contributed by atoms with Crippen LogP contribution in [0.4, 0.5) is 0 Å². The Morgan fingerprint density at radius 1 is 1.12 bits per heavy atom. The Hall–Kier alpha value is -2.03. The van der Waals surface area contributed by atoms with Gasteiger partial charge in [0.15, 0.2) is 11.5 Å². The molecule has 0 unspecified atom stereocenters. The number of benzene rings is 2. The van der Waals surface area contributed by atoms with Crippen LogP contribution in [0.25, 0.3) is 10.2 Å². The molecular formula is C16H13ClN2O4S2. The van der Waals surface area contributed by atoms with E-state index in [0.717, 1.165) is 10.2 Å². The minimum absolute atomic E-state index is 0.0975. The molecule has 2 aromatic carbocycles. The van der Waals surface area contributed by atoms with Crippen LogP contribution in [0.1, 0.15) is 0 Å². The van der Waals surface area contributed by atoms with Gasteiger partial charge in [0, 0.05) is 24.2 Å². The number of aryl methyl sites for hydroxylation is 1. The normalized spacial score (nSPS) is 14.9. The number of aromatic nitrogens is 1. The van der Waals surface area contributed by atoms with Gasteiger partial charge >= 0.3 is 0 Å². The Bertz CT molecular complexity index is 1130. The molecule has 0 saturated carbocycles. The Labute approximate surface area is 153 Å². The fraction of sp³-hybridized carbons (Fsp3) is 0.188. The highest BCUT2D eigenvalue weighted by Crippen LogP contribution is 2.35. The number of fused-ring (bicyclic) bond motifs is 2. The number of sulfonamides is 1. The molecule has 0 aliphatic carbocycles. The zero-order valence-corrected chi connectivity index (χ0v) is 15.5. The predicted octanol–water partition coefficient (Wildman–Crippen LogP) is 2.95. The second-order valence-corrected chi connectivity index (χ2v) is 8.48. The Morgan fingerprint density at radius 3 is 2.44 bits per heavy atom. The number of thiazole rings is 1. The molecule has 6 nitrogen and oxygen atoms in total. The second kappa shape index (κ2) is 6.05. The average Bonchev–Trinajstić information content (AvgIpc) is 2.88. The van der Waals surface area contributed by atoms with Gasteiger partial charge in [0.05, 0.1) is 15.1 Å². The number of nitrogens with zero attached hydrogens (tertiary/aromatic N) is 2. The highest BCUT2D eigenvalue weighted by Gasteiger charge is 2.17. The highest BCUT2D eigenvalue weighted by molar-refractivity contribution is 7.90. The Balaban J connectivity index is 1.87. The summed E-state index contributed by atoms with van der Waals surface area (Å²) < 4.78 is 42.8. The van der Waals surface area contributed by atoms with E-state index in [-0.39, 0.29) is 4.90 Å². The first-order valence-electron chi connectivity index (χ1n) is 7.40. The number of rotatable bonds is 2. The Kier molecular flexibility index (Phi) is 3.98. The Morgan fingerprint density at radius 2 is 1.76 bits per heavy atom. The van der Waals surface area contributed by atoms with E-state index in [9.17, 15) is 8.42 Å². The second-order valence-electron chi connectivity index (χ2n) is 5.43. The monoisotopic (exact) mass is 396 g/mol. The third-order valence-corrected chi connectivity index (χ3v) is 6.53. The van der Waals surface area contributed by atoms with E-state index in [1.165, 1.54) is 35.6 Å². The van der Waals surface area contributed by atoms with Crippen molar-refractivity contribution in [1.82, 2.24) is 4.57 Å². The van der Waals surface area contributed by atoms with E-state index in [1.807, 2.05) is 12.1 Å². The van der Waals surface area contributed by atoms with Gasteiger partial charge in [-0.05, 0) is 24.3 Å². The average molecular weight is 397 g/mol. The van der Waals surface area contributed by atoms with Gasteiger partial charge in [0.25, 0.3) is 10.0 Å². The molecule has 0 amide bonds. The summed E-state index contributed by atoms with van der Waals surface area (Å²) in [4.78, 5) is 0.465. The minimum atomic E-state index is -3.83. The van der Waals surface area contributed by atoms with Crippen molar-refractivity contribution in [2.45, 2.75) is 4.90 Å². The SMILES string of the molecule is Cn1c(=NS(=O)(=O)c2ccc(Cl)cc2)sc2cc3c(cc21)OCCO3. The van der Waals surface area contributed by atoms with Crippen LogP contribution in [0.15, 0.2) is 45.7 Å². The lowest BCUT2D eigenvalue weighted by Gasteiger charge is -2.18. The van der Waals surface area contributed by atoms with Crippen molar-refractivity contribution in [3.8, 4) is 11.5 Å². The summed E-state index contributed by atoms with van der Waals surface area (Å²) in [5.41, 5.74) is 0.833. The molecule has 0 atom stereocenters. The van der Waals surface area contributed by atoms with Gasteiger partial charge in [-0.3, -0.25) is 0 Å². The van der Waals surface area contributed by atoms with Crippen molar-refractivity contribution >= 4 is 43.2 Å². The zero-order valence-electron chi connectivity index (χ0n) is 13.1. The first-order valence-corrected chi connectivity index (χ1v) is 10.0. The molecule has 0 bridgehead atoms. The third-order valence-electron chi connectivity index (χ3n) is 3.78. The van der Waals surface area contributed by atoms with Crippen molar-refractivity contribution < 1.29 is 17.9 Å². The summed E-state index contributed by atoms with van der Waals surface area (Å²) in [6, 6.07) is 9.62. The van der Waals surface area contributed by atoms with Crippen LogP contribution >= 0.6 is 22.9 Å². The number of hydrogen-bond acceptors (Lipinski definition) is 5. The molecule has 0 saturated heterocycles. The molecule has 1 aliphatic rings. The predicted molar refractivity (Wildman–Crippen MR) is 96.0 cm³/mol. The van der Waals surface area contributed by atoms with Gasteiger partial charge in [0.1, 0.15) is 13.2 Å². The zero-order chi connectivity index (χ0) is 17.6. The molecule has 3 aromatic rings. The molecular weight excluding hydrogens is 384 g/mol. The van der Waals surface area contributed by atoms with Crippen molar-refractivity contribution in [3.05, 3.63) is 46.2 Å². The van der Waals surface area contributed by atoms with Gasteiger partial charge in [-0.1, -0.05) is 22.9 Å². The molecule has 0 N–H and O–H groups in total. The van der Waals surface area contributed by atoms with E-state index in [4.69, 9.17) is 21.1 Å². The number of halogens is 1. The van der Waals surface area contributed by atoms with Gasteiger partial charge in [-0.15, -0.1) is 4.40 Å². The molecule has 130 valence electrons. The van der Waals surface area contributed by atoms with Gasteiger partial charge in [-0.2, -0.15) is 8.42 Å². The first kappa shape index (κ1) is 16.4. The van der Waals surface area contributed by atoms with Gasteiger partial charge in [-0.25, -0.2) is 0 Å². The molecule has 4 rings (SSSR count). The van der Waals surface area contributed by atoms with Crippen molar-refractivity contribution in [1.29, 1.82) is 0 Å². The molecule has 25 heavy (non-hydrogen) atoms. The standard InChI is InChI=1S/C16H13ClN2O4S2/c1-19-12-8-13-14(23-7-6-22-13)9-15(12)24-16(19)18-25(20,21)11-4-2-10(17)3-5-11/h2-5,8-9H,6-7H2,1H3. The van der Waals surface area contributed by atoms with Crippen LogP contribution in [0, 0.1) is 0 Å². The molecule has 0 fully saturated rings. The third kappa shape index (κ3) is 3.01. The molecule has 1 aromatic heterocycles. The highest BCUT2D eigenvalue weighted by atomic mass is 35.5. The lowest BCUT2D eigenvalue weighted by molar-refractivity contribution is 0.172. The largest absolute Gasteiger partial charge is 0.486 e. The minimum Gasteiger partial charge on any atom is -0.486 e. The topological polar surface area (TPSA) is 69.9 Å². The van der Waals surface area contributed by atoms with Crippen LogP contribution in [0.2, 0.25) is 5.02 Å². The van der Waals surface area contributed by atoms with Crippen LogP contribution in [0.5, 0.6) is 11.5 Å². The molecule has 2 heterocycles. The number of ether oxygens (including phenoxy) is 2. The van der Waals surface area contributed by atoms with Crippen molar-refractivity contribution in [2.75, 3.05) is 13.2 Å². The summed E-state index contributed by atoms with van der Waals surface area (Å²) in [5, 5.41) is 0.469.